The van der Waals surface area contributed by atoms with Crippen molar-refractivity contribution in [3.8, 4) is 11.1 Å². The standard InChI is InChI=1S/C19H16N2O/c20-17-11-5-10-16(18(17)21)14-8-4-9-15(12-14)19(22)13-6-2-1-3-7-13/h1-12H,20-21H2. The molecule has 0 aliphatic heterocycles. The summed E-state index contributed by atoms with van der Waals surface area (Å²) in [4.78, 5) is 12.5. The fraction of sp³-hybridized carbons (Fsp3) is 0. The van der Waals surface area contributed by atoms with Gasteiger partial charge in [-0.25, -0.2) is 0 Å². The van der Waals surface area contributed by atoms with Crippen LogP contribution in [0.2, 0.25) is 0 Å². The molecule has 0 amide bonds. The molecule has 3 aromatic rings. The Kier molecular flexibility index (Phi) is 3.62. The Hall–Kier alpha value is -3.07. The molecule has 0 saturated heterocycles. The van der Waals surface area contributed by atoms with Crippen LogP contribution in [0.15, 0.2) is 72.8 Å². The first-order valence-electron chi connectivity index (χ1n) is 7.01. The van der Waals surface area contributed by atoms with Gasteiger partial charge < -0.3 is 11.5 Å². The molecule has 0 bridgehead atoms. The van der Waals surface area contributed by atoms with E-state index in [1.54, 1.807) is 12.1 Å². The van der Waals surface area contributed by atoms with Crippen molar-refractivity contribution in [1.29, 1.82) is 0 Å². The van der Waals surface area contributed by atoms with Crippen LogP contribution in [0.5, 0.6) is 0 Å². The smallest absolute Gasteiger partial charge is 0.193 e. The van der Waals surface area contributed by atoms with Crippen LogP contribution in [0.4, 0.5) is 11.4 Å². The van der Waals surface area contributed by atoms with Crippen molar-refractivity contribution in [2.45, 2.75) is 0 Å². The third kappa shape index (κ3) is 2.56. The summed E-state index contributed by atoms with van der Waals surface area (Å²) in [5.41, 5.74) is 16.0. The Morgan fingerprint density at radius 2 is 1.41 bits per heavy atom. The molecule has 0 fully saturated rings. The third-order valence-corrected chi connectivity index (χ3v) is 3.61. The number of hydrogen-bond acceptors (Lipinski definition) is 3. The predicted molar refractivity (Wildman–Crippen MR) is 90.6 cm³/mol. The lowest BCUT2D eigenvalue weighted by atomic mass is 9.97. The lowest BCUT2D eigenvalue weighted by Gasteiger charge is -2.09. The molecule has 4 N–H and O–H groups in total. The van der Waals surface area contributed by atoms with E-state index in [4.69, 9.17) is 11.5 Å². The van der Waals surface area contributed by atoms with Gasteiger partial charge in [-0.2, -0.15) is 0 Å². The highest BCUT2D eigenvalue weighted by Crippen LogP contribution is 2.30. The van der Waals surface area contributed by atoms with Crippen LogP contribution < -0.4 is 11.5 Å². The summed E-state index contributed by atoms with van der Waals surface area (Å²) in [5, 5.41) is 0. The summed E-state index contributed by atoms with van der Waals surface area (Å²) in [6.45, 7) is 0. The van der Waals surface area contributed by atoms with Crippen molar-refractivity contribution < 1.29 is 4.79 Å². The molecule has 0 saturated carbocycles. The van der Waals surface area contributed by atoms with E-state index in [2.05, 4.69) is 0 Å². The number of hydrogen-bond donors (Lipinski definition) is 2. The largest absolute Gasteiger partial charge is 0.397 e. The number of carbonyl (C=O) groups excluding carboxylic acids is 1. The van der Waals surface area contributed by atoms with Crippen LogP contribution in [0, 0.1) is 0 Å². The summed E-state index contributed by atoms with van der Waals surface area (Å²) in [6.07, 6.45) is 0. The number of rotatable bonds is 3. The number of carbonyl (C=O) groups is 1. The molecule has 0 spiro atoms. The van der Waals surface area contributed by atoms with E-state index in [1.807, 2.05) is 60.7 Å². The molecule has 3 nitrogen and oxygen atoms in total. The number of para-hydroxylation sites is 1. The highest BCUT2D eigenvalue weighted by atomic mass is 16.1. The zero-order chi connectivity index (χ0) is 15.5. The Bertz CT molecular complexity index is 826. The number of nitrogen functional groups attached to an aromatic ring is 2. The summed E-state index contributed by atoms with van der Waals surface area (Å²) in [6, 6.07) is 22.2. The van der Waals surface area contributed by atoms with Gasteiger partial charge in [-0.3, -0.25) is 4.79 Å². The van der Waals surface area contributed by atoms with Gasteiger partial charge in [0.25, 0.3) is 0 Å². The Morgan fingerprint density at radius 3 is 2.18 bits per heavy atom. The van der Waals surface area contributed by atoms with Gasteiger partial charge in [-0.15, -0.1) is 0 Å². The number of benzene rings is 3. The first-order chi connectivity index (χ1) is 10.7. The topological polar surface area (TPSA) is 69.1 Å². The zero-order valence-electron chi connectivity index (χ0n) is 12.0. The highest BCUT2D eigenvalue weighted by molar-refractivity contribution is 6.09. The first-order valence-corrected chi connectivity index (χ1v) is 7.01. The first kappa shape index (κ1) is 13.9. The Morgan fingerprint density at radius 1 is 0.727 bits per heavy atom. The van der Waals surface area contributed by atoms with Crippen LogP contribution in [0.1, 0.15) is 15.9 Å². The van der Waals surface area contributed by atoms with Gasteiger partial charge in [0.15, 0.2) is 5.78 Å². The molecular formula is C19H16N2O. The molecule has 3 aromatic carbocycles. The van der Waals surface area contributed by atoms with E-state index in [9.17, 15) is 4.79 Å². The maximum Gasteiger partial charge on any atom is 0.193 e. The molecule has 0 aliphatic rings. The fourth-order valence-corrected chi connectivity index (χ4v) is 2.42. The summed E-state index contributed by atoms with van der Waals surface area (Å²) < 4.78 is 0. The minimum atomic E-state index is -0.00933. The average Bonchev–Trinajstić information content (AvgIpc) is 2.57. The maximum absolute atomic E-state index is 12.5. The second-order valence-electron chi connectivity index (χ2n) is 5.08. The highest BCUT2D eigenvalue weighted by Gasteiger charge is 2.11. The van der Waals surface area contributed by atoms with Crippen molar-refractivity contribution in [2.75, 3.05) is 11.5 Å². The van der Waals surface area contributed by atoms with E-state index in [0.29, 0.717) is 22.5 Å². The molecular weight excluding hydrogens is 272 g/mol. The zero-order valence-corrected chi connectivity index (χ0v) is 12.0. The van der Waals surface area contributed by atoms with E-state index >= 15 is 0 Å². The minimum Gasteiger partial charge on any atom is -0.397 e. The summed E-state index contributed by atoms with van der Waals surface area (Å²) in [7, 11) is 0. The van der Waals surface area contributed by atoms with E-state index in [-0.39, 0.29) is 5.78 Å². The average molecular weight is 288 g/mol. The van der Waals surface area contributed by atoms with Crippen LogP contribution >= 0.6 is 0 Å². The van der Waals surface area contributed by atoms with Crippen molar-refractivity contribution in [3.63, 3.8) is 0 Å². The molecule has 3 rings (SSSR count). The quantitative estimate of drug-likeness (QED) is 0.569. The van der Waals surface area contributed by atoms with Gasteiger partial charge in [-0.05, 0) is 17.7 Å². The van der Waals surface area contributed by atoms with Crippen molar-refractivity contribution in [2.24, 2.45) is 0 Å². The summed E-state index contributed by atoms with van der Waals surface area (Å²) in [5.74, 6) is -0.00933. The Balaban J connectivity index is 2.04. The molecule has 0 unspecified atom stereocenters. The molecule has 22 heavy (non-hydrogen) atoms. The fourth-order valence-electron chi connectivity index (χ4n) is 2.42. The van der Waals surface area contributed by atoms with Gasteiger partial charge in [0.1, 0.15) is 0 Å². The number of anilines is 2. The normalized spacial score (nSPS) is 10.4. The van der Waals surface area contributed by atoms with Gasteiger partial charge >= 0.3 is 0 Å². The van der Waals surface area contributed by atoms with Crippen molar-refractivity contribution in [3.05, 3.63) is 83.9 Å². The minimum absolute atomic E-state index is 0.00933. The van der Waals surface area contributed by atoms with Crippen molar-refractivity contribution >= 4 is 17.2 Å². The third-order valence-electron chi connectivity index (χ3n) is 3.61. The lowest BCUT2D eigenvalue weighted by Crippen LogP contribution is -2.01. The van der Waals surface area contributed by atoms with E-state index in [1.165, 1.54) is 0 Å². The molecule has 0 atom stereocenters. The molecule has 108 valence electrons. The van der Waals surface area contributed by atoms with Crippen molar-refractivity contribution in [1.82, 2.24) is 0 Å². The van der Waals surface area contributed by atoms with Crippen LogP contribution in [0.25, 0.3) is 11.1 Å². The molecule has 0 aliphatic carbocycles. The molecule has 3 heteroatoms. The second kappa shape index (κ2) is 5.74. The molecule has 0 aromatic heterocycles. The van der Waals surface area contributed by atoms with Gasteiger partial charge in [-0.1, -0.05) is 60.7 Å². The lowest BCUT2D eigenvalue weighted by molar-refractivity contribution is 0.103. The van der Waals surface area contributed by atoms with E-state index < -0.39 is 0 Å². The summed E-state index contributed by atoms with van der Waals surface area (Å²) >= 11 is 0. The second-order valence-corrected chi connectivity index (χ2v) is 5.08. The number of ketones is 1. The Labute approximate surface area is 129 Å². The maximum atomic E-state index is 12.5. The predicted octanol–water partition coefficient (Wildman–Crippen LogP) is 3.75. The van der Waals surface area contributed by atoms with Crippen LogP contribution in [-0.4, -0.2) is 5.78 Å². The van der Waals surface area contributed by atoms with E-state index in [0.717, 1.165) is 11.1 Å². The monoisotopic (exact) mass is 288 g/mol. The number of nitrogens with two attached hydrogens (primary N) is 2. The SMILES string of the molecule is Nc1cccc(-c2cccc(C(=O)c3ccccc3)c2)c1N. The van der Waals surface area contributed by atoms with Crippen LogP contribution in [-0.2, 0) is 0 Å². The molecule has 0 heterocycles. The molecule has 0 radical (unpaired) electrons. The van der Waals surface area contributed by atoms with Gasteiger partial charge in [0.05, 0.1) is 11.4 Å². The van der Waals surface area contributed by atoms with Gasteiger partial charge in [0.2, 0.25) is 0 Å². The van der Waals surface area contributed by atoms with Gasteiger partial charge in [0, 0.05) is 16.7 Å². The van der Waals surface area contributed by atoms with Crippen LogP contribution in [0.3, 0.4) is 0 Å².